The van der Waals surface area contributed by atoms with Crippen LogP contribution in [0, 0.1) is 0 Å². The summed E-state index contributed by atoms with van der Waals surface area (Å²) in [6.45, 7) is 0. The monoisotopic (exact) mass is 199 g/mol. The van der Waals surface area contributed by atoms with Crippen molar-refractivity contribution >= 4 is 11.6 Å². The number of ketones is 2. The third-order valence-electron chi connectivity index (χ3n) is 2.39. The number of rotatable bonds is 0. The van der Waals surface area contributed by atoms with Crippen LogP contribution in [-0.4, -0.2) is 27.0 Å². The SMILES string of the molecule is O=C1c2ccccc2C(=O)c2n[nH]nc21. The standard InChI is InChI=1S/C10H5N3O2/c14-9-5-3-1-2-4-6(5)10(15)8-7(9)11-13-12-8/h1-4H,(H,11,12,13). The Balaban J connectivity index is 2.36. The molecule has 0 unspecified atom stereocenters. The maximum atomic E-state index is 11.8. The fourth-order valence-corrected chi connectivity index (χ4v) is 1.68. The van der Waals surface area contributed by atoms with Gasteiger partial charge in [-0.3, -0.25) is 9.59 Å². The Bertz CT molecular complexity index is 536. The van der Waals surface area contributed by atoms with Gasteiger partial charge in [-0.15, -0.1) is 0 Å². The van der Waals surface area contributed by atoms with Crippen LogP contribution in [0.2, 0.25) is 0 Å². The van der Waals surface area contributed by atoms with Crippen molar-refractivity contribution in [3.63, 3.8) is 0 Å². The molecular formula is C10H5N3O2. The quantitative estimate of drug-likeness (QED) is 0.574. The number of aromatic nitrogens is 3. The average molecular weight is 199 g/mol. The highest BCUT2D eigenvalue weighted by atomic mass is 16.1. The van der Waals surface area contributed by atoms with E-state index in [4.69, 9.17) is 0 Å². The number of hydrogen-bond donors (Lipinski definition) is 1. The summed E-state index contributed by atoms with van der Waals surface area (Å²) in [6.07, 6.45) is 0. The molecule has 0 saturated heterocycles. The van der Waals surface area contributed by atoms with E-state index >= 15 is 0 Å². The van der Waals surface area contributed by atoms with Gasteiger partial charge in [0.05, 0.1) is 0 Å². The second kappa shape index (κ2) is 2.60. The van der Waals surface area contributed by atoms with Crippen molar-refractivity contribution < 1.29 is 9.59 Å². The summed E-state index contributed by atoms with van der Waals surface area (Å²) in [5, 5.41) is 9.66. The van der Waals surface area contributed by atoms with Crippen LogP contribution >= 0.6 is 0 Å². The number of carbonyl (C=O) groups excluding carboxylic acids is 2. The molecule has 0 amide bonds. The zero-order chi connectivity index (χ0) is 10.4. The maximum Gasteiger partial charge on any atom is 0.216 e. The van der Waals surface area contributed by atoms with E-state index in [-0.39, 0.29) is 23.0 Å². The van der Waals surface area contributed by atoms with Crippen LogP contribution in [0.25, 0.3) is 0 Å². The van der Waals surface area contributed by atoms with Gasteiger partial charge in [-0.25, -0.2) is 0 Å². The number of nitrogens with one attached hydrogen (secondary N) is 1. The normalized spacial score (nSPS) is 13.6. The minimum Gasteiger partial charge on any atom is -0.287 e. The molecule has 1 aromatic heterocycles. The fourth-order valence-electron chi connectivity index (χ4n) is 1.68. The summed E-state index contributed by atoms with van der Waals surface area (Å²) < 4.78 is 0. The Kier molecular flexibility index (Phi) is 1.39. The molecule has 0 bridgehead atoms. The van der Waals surface area contributed by atoms with E-state index < -0.39 is 0 Å². The summed E-state index contributed by atoms with van der Waals surface area (Å²) in [4.78, 5) is 23.7. The molecule has 1 aliphatic rings. The largest absolute Gasteiger partial charge is 0.287 e. The molecule has 72 valence electrons. The molecule has 0 atom stereocenters. The highest BCUT2D eigenvalue weighted by Gasteiger charge is 2.32. The summed E-state index contributed by atoms with van der Waals surface area (Å²) >= 11 is 0. The number of carbonyl (C=O) groups is 2. The maximum absolute atomic E-state index is 11.8. The van der Waals surface area contributed by atoms with E-state index in [2.05, 4.69) is 15.4 Å². The van der Waals surface area contributed by atoms with Gasteiger partial charge in [0, 0.05) is 11.1 Å². The molecule has 0 aliphatic heterocycles. The van der Waals surface area contributed by atoms with Crippen molar-refractivity contribution in [2.24, 2.45) is 0 Å². The molecule has 0 fully saturated rings. The predicted molar refractivity (Wildman–Crippen MR) is 49.7 cm³/mol. The second-order valence-corrected chi connectivity index (χ2v) is 3.22. The van der Waals surface area contributed by atoms with Gasteiger partial charge >= 0.3 is 0 Å². The molecule has 5 heteroatoms. The number of H-pyrrole nitrogens is 1. The van der Waals surface area contributed by atoms with Gasteiger partial charge in [-0.2, -0.15) is 15.4 Å². The molecular weight excluding hydrogens is 194 g/mol. The van der Waals surface area contributed by atoms with E-state index in [0.29, 0.717) is 11.1 Å². The molecule has 1 heterocycles. The van der Waals surface area contributed by atoms with Crippen LogP contribution in [0.5, 0.6) is 0 Å². The third-order valence-corrected chi connectivity index (χ3v) is 2.39. The highest BCUT2D eigenvalue weighted by molar-refractivity contribution is 6.26. The van der Waals surface area contributed by atoms with Gasteiger partial charge < -0.3 is 0 Å². The zero-order valence-corrected chi connectivity index (χ0v) is 7.52. The number of hydrogen-bond acceptors (Lipinski definition) is 4. The number of aromatic amines is 1. The van der Waals surface area contributed by atoms with Crippen LogP contribution < -0.4 is 0 Å². The Morgan fingerprint density at radius 3 is 1.80 bits per heavy atom. The molecule has 0 radical (unpaired) electrons. The Morgan fingerprint density at radius 2 is 1.33 bits per heavy atom. The first-order valence-electron chi connectivity index (χ1n) is 4.38. The molecule has 1 aliphatic carbocycles. The van der Waals surface area contributed by atoms with Gasteiger partial charge in [0.1, 0.15) is 0 Å². The van der Waals surface area contributed by atoms with Crippen LogP contribution in [0.15, 0.2) is 24.3 Å². The molecule has 3 rings (SSSR count). The summed E-state index contributed by atoms with van der Waals surface area (Å²) in [5.41, 5.74) is 1.00. The van der Waals surface area contributed by atoms with Gasteiger partial charge in [-0.05, 0) is 0 Å². The molecule has 5 nitrogen and oxygen atoms in total. The van der Waals surface area contributed by atoms with Crippen molar-refractivity contribution in [1.82, 2.24) is 15.4 Å². The van der Waals surface area contributed by atoms with Crippen LogP contribution in [-0.2, 0) is 0 Å². The van der Waals surface area contributed by atoms with Crippen molar-refractivity contribution in [2.75, 3.05) is 0 Å². The van der Waals surface area contributed by atoms with Crippen LogP contribution in [0.4, 0.5) is 0 Å². The Hall–Kier alpha value is -2.30. The van der Waals surface area contributed by atoms with Crippen molar-refractivity contribution in [3.05, 3.63) is 46.8 Å². The first-order valence-corrected chi connectivity index (χ1v) is 4.38. The molecule has 1 N–H and O–H groups in total. The van der Waals surface area contributed by atoms with E-state index in [1.807, 2.05) is 0 Å². The Labute approximate surface area is 84.1 Å². The summed E-state index contributed by atoms with van der Waals surface area (Å²) in [5.74, 6) is -0.511. The van der Waals surface area contributed by atoms with Gasteiger partial charge in [-0.1, -0.05) is 24.3 Å². The van der Waals surface area contributed by atoms with E-state index in [0.717, 1.165) is 0 Å². The minimum atomic E-state index is -0.256. The summed E-state index contributed by atoms with van der Waals surface area (Å²) in [6, 6.07) is 6.67. The zero-order valence-electron chi connectivity index (χ0n) is 7.52. The van der Waals surface area contributed by atoms with Crippen LogP contribution in [0.3, 0.4) is 0 Å². The predicted octanol–water partition coefficient (Wildman–Crippen LogP) is 0.580. The lowest BCUT2D eigenvalue weighted by Gasteiger charge is -2.10. The molecule has 0 saturated carbocycles. The van der Waals surface area contributed by atoms with Gasteiger partial charge in [0.25, 0.3) is 0 Å². The smallest absolute Gasteiger partial charge is 0.216 e. The lowest BCUT2D eigenvalue weighted by molar-refractivity contribution is 0.0974. The molecule has 0 spiro atoms. The lowest BCUT2D eigenvalue weighted by atomic mass is 9.90. The van der Waals surface area contributed by atoms with Gasteiger partial charge in [0.2, 0.25) is 11.6 Å². The van der Waals surface area contributed by atoms with E-state index in [1.165, 1.54) is 0 Å². The first-order chi connectivity index (χ1) is 7.29. The van der Waals surface area contributed by atoms with Crippen molar-refractivity contribution in [3.8, 4) is 0 Å². The van der Waals surface area contributed by atoms with Crippen LogP contribution in [0.1, 0.15) is 32.1 Å². The van der Waals surface area contributed by atoms with E-state index in [9.17, 15) is 9.59 Å². The number of benzene rings is 1. The summed E-state index contributed by atoms with van der Waals surface area (Å²) in [7, 11) is 0. The molecule has 15 heavy (non-hydrogen) atoms. The van der Waals surface area contributed by atoms with Crippen molar-refractivity contribution in [2.45, 2.75) is 0 Å². The second-order valence-electron chi connectivity index (χ2n) is 3.22. The van der Waals surface area contributed by atoms with Crippen molar-refractivity contribution in [1.29, 1.82) is 0 Å². The minimum absolute atomic E-state index is 0.110. The van der Waals surface area contributed by atoms with E-state index in [1.54, 1.807) is 24.3 Å². The Morgan fingerprint density at radius 1 is 0.867 bits per heavy atom. The first kappa shape index (κ1) is 8.05. The third kappa shape index (κ3) is 0.914. The molecule has 1 aromatic carbocycles. The van der Waals surface area contributed by atoms with Gasteiger partial charge in [0.15, 0.2) is 11.4 Å². The molecule has 2 aromatic rings. The number of nitrogens with zero attached hydrogens (tertiary/aromatic N) is 2. The topological polar surface area (TPSA) is 75.7 Å². The number of fused-ring (bicyclic) bond motifs is 2. The fraction of sp³-hybridized carbons (Fsp3) is 0. The average Bonchev–Trinajstić information content (AvgIpc) is 2.75. The highest BCUT2D eigenvalue weighted by Crippen LogP contribution is 2.23. The lowest BCUT2D eigenvalue weighted by Crippen LogP contribution is -2.20.